The molecule has 1 atom stereocenters. The molecule has 1 aliphatic rings. The molecule has 2 N–H and O–H groups in total. The standard InChI is InChI=1S/C24H20FN3O4/c1-2-24(17-6-4-3-5-7-17)22(30)28(23(31)26-24)27-21(29)16-8-12-19(13-9-16)32-20-14-10-18(25)11-15-20/h3-15H,2H2,1H3,(H,26,31)(H,27,29). The SMILES string of the molecule is CCC1(c2ccccc2)NC(=O)N(NC(=O)c2ccc(Oc3ccc(F)cc3)cc2)C1=O. The Labute approximate surface area is 183 Å². The topological polar surface area (TPSA) is 87.7 Å². The Morgan fingerprint density at radius 1 is 0.969 bits per heavy atom. The van der Waals surface area contributed by atoms with E-state index < -0.39 is 23.4 Å². The zero-order valence-corrected chi connectivity index (χ0v) is 17.2. The minimum Gasteiger partial charge on any atom is -0.457 e. The maximum atomic E-state index is 13.1. The highest BCUT2D eigenvalue weighted by molar-refractivity contribution is 6.09. The fraction of sp³-hybridized carbons (Fsp3) is 0.125. The number of hydrogen-bond acceptors (Lipinski definition) is 4. The lowest BCUT2D eigenvalue weighted by molar-refractivity contribution is -0.133. The van der Waals surface area contributed by atoms with Crippen LogP contribution in [0.25, 0.3) is 0 Å². The molecule has 1 aliphatic heterocycles. The van der Waals surface area contributed by atoms with Gasteiger partial charge in [0.05, 0.1) is 0 Å². The van der Waals surface area contributed by atoms with Gasteiger partial charge in [0.25, 0.3) is 11.8 Å². The van der Waals surface area contributed by atoms with Crippen molar-refractivity contribution in [2.75, 3.05) is 0 Å². The van der Waals surface area contributed by atoms with Crippen molar-refractivity contribution in [3.05, 3.63) is 95.8 Å². The molecule has 8 heteroatoms. The van der Waals surface area contributed by atoms with E-state index in [1.807, 2.05) is 6.07 Å². The number of hydrogen-bond donors (Lipinski definition) is 2. The number of rotatable bonds is 6. The van der Waals surface area contributed by atoms with Crippen molar-refractivity contribution in [2.24, 2.45) is 0 Å². The third-order valence-corrected chi connectivity index (χ3v) is 5.27. The van der Waals surface area contributed by atoms with Crippen molar-refractivity contribution in [1.29, 1.82) is 0 Å². The van der Waals surface area contributed by atoms with E-state index in [-0.39, 0.29) is 11.4 Å². The maximum Gasteiger partial charge on any atom is 0.344 e. The number of carbonyl (C=O) groups is 3. The summed E-state index contributed by atoms with van der Waals surface area (Å²) in [7, 11) is 0. The summed E-state index contributed by atoms with van der Waals surface area (Å²) in [4.78, 5) is 38.3. The van der Waals surface area contributed by atoms with Gasteiger partial charge in [-0.15, -0.1) is 0 Å². The third-order valence-electron chi connectivity index (χ3n) is 5.27. The lowest BCUT2D eigenvalue weighted by atomic mass is 9.87. The van der Waals surface area contributed by atoms with Crippen LogP contribution in [0.4, 0.5) is 9.18 Å². The zero-order chi connectivity index (χ0) is 22.7. The Morgan fingerprint density at radius 3 is 2.16 bits per heavy atom. The first-order chi connectivity index (χ1) is 15.4. The van der Waals surface area contributed by atoms with Crippen LogP contribution in [0.15, 0.2) is 78.9 Å². The van der Waals surface area contributed by atoms with Crippen molar-refractivity contribution in [1.82, 2.24) is 15.8 Å². The molecule has 0 bridgehead atoms. The summed E-state index contributed by atoms with van der Waals surface area (Å²) >= 11 is 0. The Balaban J connectivity index is 1.47. The number of halogens is 1. The normalized spacial score (nSPS) is 17.8. The Bertz CT molecular complexity index is 1150. The number of nitrogens with zero attached hydrogens (tertiary/aromatic N) is 1. The van der Waals surface area contributed by atoms with Gasteiger partial charge in [-0.05, 0) is 60.5 Å². The Kier molecular flexibility index (Phi) is 5.59. The minimum absolute atomic E-state index is 0.228. The van der Waals surface area contributed by atoms with Crippen LogP contribution in [0.5, 0.6) is 11.5 Å². The van der Waals surface area contributed by atoms with Crippen LogP contribution >= 0.6 is 0 Å². The van der Waals surface area contributed by atoms with Gasteiger partial charge in [-0.25, -0.2) is 9.18 Å². The predicted molar refractivity (Wildman–Crippen MR) is 114 cm³/mol. The van der Waals surface area contributed by atoms with Gasteiger partial charge in [0.2, 0.25) is 0 Å². The first-order valence-corrected chi connectivity index (χ1v) is 9.99. The summed E-state index contributed by atoms with van der Waals surface area (Å²) in [5.41, 5.74) is 2.01. The second kappa shape index (κ2) is 8.50. The fourth-order valence-electron chi connectivity index (χ4n) is 3.52. The van der Waals surface area contributed by atoms with Crippen molar-refractivity contribution >= 4 is 17.8 Å². The molecular weight excluding hydrogens is 413 g/mol. The average molecular weight is 433 g/mol. The highest BCUT2D eigenvalue weighted by Gasteiger charge is 2.52. The summed E-state index contributed by atoms with van der Waals surface area (Å²) in [5, 5.41) is 3.42. The fourth-order valence-corrected chi connectivity index (χ4v) is 3.52. The van der Waals surface area contributed by atoms with E-state index in [1.54, 1.807) is 43.3 Å². The largest absolute Gasteiger partial charge is 0.457 e. The van der Waals surface area contributed by atoms with Gasteiger partial charge in [0, 0.05) is 5.56 Å². The van der Waals surface area contributed by atoms with Crippen LogP contribution in [0.2, 0.25) is 0 Å². The molecule has 1 saturated heterocycles. The molecule has 162 valence electrons. The van der Waals surface area contributed by atoms with Gasteiger partial charge >= 0.3 is 6.03 Å². The summed E-state index contributed by atoms with van der Waals surface area (Å²) in [6, 6.07) is 19.8. The molecule has 0 radical (unpaired) electrons. The van der Waals surface area contributed by atoms with Crippen LogP contribution in [0, 0.1) is 5.82 Å². The van der Waals surface area contributed by atoms with Crippen LogP contribution in [0.3, 0.4) is 0 Å². The molecule has 0 aromatic heterocycles. The zero-order valence-electron chi connectivity index (χ0n) is 17.2. The van der Waals surface area contributed by atoms with Gasteiger partial charge in [-0.3, -0.25) is 15.0 Å². The summed E-state index contributed by atoms with van der Waals surface area (Å²) in [6.45, 7) is 1.79. The van der Waals surface area contributed by atoms with Crippen LogP contribution < -0.4 is 15.5 Å². The van der Waals surface area contributed by atoms with Crippen molar-refractivity contribution in [2.45, 2.75) is 18.9 Å². The van der Waals surface area contributed by atoms with E-state index in [9.17, 15) is 18.8 Å². The van der Waals surface area contributed by atoms with E-state index in [1.165, 1.54) is 36.4 Å². The molecule has 3 aromatic rings. The van der Waals surface area contributed by atoms with Crippen molar-refractivity contribution in [3.63, 3.8) is 0 Å². The molecular formula is C24H20FN3O4. The summed E-state index contributed by atoms with van der Waals surface area (Å²) in [5.74, 6) is -0.663. The first-order valence-electron chi connectivity index (χ1n) is 9.99. The lowest BCUT2D eigenvalue weighted by Crippen LogP contribution is -2.48. The van der Waals surface area contributed by atoms with Crippen molar-refractivity contribution in [3.8, 4) is 11.5 Å². The monoisotopic (exact) mass is 433 g/mol. The van der Waals surface area contributed by atoms with Crippen LogP contribution in [-0.2, 0) is 10.3 Å². The lowest BCUT2D eigenvalue weighted by Gasteiger charge is -2.25. The number of ether oxygens (including phenoxy) is 1. The van der Waals surface area contributed by atoms with Gasteiger partial charge in [-0.1, -0.05) is 37.3 Å². The summed E-state index contributed by atoms with van der Waals surface area (Å²) in [6.07, 6.45) is 0.323. The molecule has 32 heavy (non-hydrogen) atoms. The van der Waals surface area contributed by atoms with Gasteiger partial charge in [0.15, 0.2) is 0 Å². The molecule has 4 amide bonds. The number of carbonyl (C=O) groups excluding carboxylic acids is 3. The number of hydrazine groups is 1. The van der Waals surface area contributed by atoms with Crippen molar-refractivity contribution < 1.29 is 23.5 Å². The number of imide groups is 1. The van der Waals surface area contributed by atoms with Gasteiger partial charge in [-0.2, -0.15) is 5.01 Å². The molecule has 7 nitrogen and oxygen atoms in total. The van der Waals surface area contributed by atoms with E-state index in [4.69, 9.17) is 4.74 Å². The summed E-state index contributed by atoms with van der Waals surface area (Å²) < 4.78 is 18.6. The van der Waals surface area contributed by atoms with E-state index in [2.05, 4.69) is 10.7 Å². The first kappa shape index (κ1) is 21.0. The van der Waals surface area contributed by atoms with Crippen LogP contribution in [-0.4, -0.2) is 22.9 Å². The Morgan fingerprint density at radius 2 is 1.56 bits per heavy atom. The van der Waals surface area contributed by atoms with E-state index in [0.29, 0.717) is 28.5 Å². The second-order valence-electron chi connectivity index (χ2n) is 7.22. The second-order valence-corrected chi connectivity index (χ2v) is 7.22. The highest BCUT2D eigenvalue weighted by atomic mass is 19.1. The number of nitrogens with one attached hydrogen (secondary N) is 2. The number of benzene rings is 3. The molecule has 4 rings (SSSR count). The molecule has 1 heterocycles. The van der Waals surface area contributed by atoms with Crippen LogP contribution in [0.1, 0.15) is 29.3 Å². The van der Waals surface area contributed by atoms with Gasteiger partial charge in [0.1, 0.15) is 22.9 Å². The smallest absolute Gasteiger partial charge is 0.344 e. The van der Waals surface area contributed by atoms with E-state index in [0.717, 1.165) is 0 Å². The molecule has 3 aromatic carbocycles. The molecule has 0 aliphatic carbocycles. The quantitative estimate of drug-likeness (QED) is 0.573. The third kappa shape index (κ3) is 3.90. The number of amides is 4. The molecule has 1 unspecified atom stereocenters. The predicted octanol–water partition coefficient (Wildman–Crippen LogP) is 4.12. The average Bonchev–Trinajstić information content (AvgIpc) is 3.06. The molecule has 1 fully saturated rings. The molecule has 0 spiro atoms. The van der Waals surface area contributed by atoms with Gasteiger partial charge < -0.3 is 10.1 Å². The van der Waals surface area contributed by atoms with E-state index >= 15 is 0 Å². The highest BCUT2D eigenvalue weighted by Crippen LogP contribution is 2.31. The molecule has 0 saturated carbocycles. The minimum atomic E-state index is -1.24. The number of urea groups is 1. The maximum absolute atomic E-state index is 13.1. The Hall–Kier alpha value is -4.20.